The minimum Gasteiger partial charge on any atom is -0.404 e. The molecule has 4 aliphatic heterocycles. The van der Waals surface area contributed by atoms with Crippen LogP contribution in [0.4, 0.5) is 0 Å². The number of hydrogen-bond acceptors (Lipinski definition) is 10. The van der Waals surface area contributed by atoms with Crippen molar-refractivity contribution >= 4 is 15.6 Å². The maximum absolute atomic E-state index is 11.7. The zero-order chi connectivity index (χ0) is 20.7. The number of hydrogen-bond donors (Lipinski definition) is 0. The van der Waals surface area contributed by atoms with Crippen molar-refractivity contribution < 1.29 is 111 Å². The summed E-state index contributed by atoms with van der Waals surface area (Å²) in [5.74, 6) is 2.08. The molecule has 2 radical (unpaired) electrons. The van der Waals surface area contributed by atoms with Crippen LogP contribution < -0.4 is 0 Å². The van der Waals surface area contributed by atoms with Crippen molar-refractivity contribution in [3.63, 3.8) is 0 Å². The van der Waals surface area contributed by atoms with E-state index in [9.17, 15) is 9.13 Å². The van der Waals surface area contributed by atoms with Gasteiger partial charge in [-0.25, -0.2) is 9.13 Å². The fourth-order valence-corrected chi connectivity index (χ4v) is 5.67. The molecule has 4 heterocycles. The molecular formula is C16H28O10P2Y2-2. The van der Waals surface area contributed by atoms with Crippen molar-refractivity contribution in [3.8, 4) is 0 Å². The minimum atomic E-state index is -3.33. The van der Waals surface area contributed by atoms with Gasteiger partial charge in [-0.15, -0.1) is 0 Å². The average Bonchev–Trinajstić information content (AvgIpc) is 3.12. The van der Waals surface area contributed by atoms with Gasteiger partial charge >= 0.3 is 15.6 Å². The summed E-state index contributed by atoms with van der Waals surface area (Å²) >= 11 is 0. The molecule has 0 saturated carbocycles. The second-order valence-corrected chi connectivity index (χ2v) is 10.5. The first-order chi connectivity index (χ1) is 13.1. The fraction of sp³-hybridized carbons (Fsp3) is 0.875. The quantitative estimate of drug-likeness (QED) is 0.338. The molecule has 0 amide bonds. The van der Waals surface area contributed by atoms with Gasteiger partial charge in [0.15, 0.2) is 0 Å². The summed E-state index contributed by atoms with van der Waals surface area (Å²) < 4.78 is 64.4. The van der Waals surface area contributed by atoms with Crippen molar-refractivity contribution in [2.75, 3.05) is 27.4 Å². The summed E-state index contributed by atoms with van der Waals surface area (Å²) in [6.07, 6.45) is -0.771. The zero-order valence-corrected chi connectivity index (χ0v) is 25.5. The molecule has 0 aromatic carbocycles. The molecule has 14 heteroatoms. The minimum absolute atomic E-state index is 0. The van der Waals surface area contributed by atoms with Gasteiger partial charge < -0.3 is 18.5 Å². The van der Waals surface area contributed by atoms with E-state index >= 15 is 0 Å². The molecule has 0 spiro atoms. The maximum atomic E-state index is 11.7. The largest absolute Gasteiger partial charge is 0.472 e. The predicted molar refractivity (Wildman–Crippen MR) is 97.4 cm³/mol. The molecule has 30 heavy (non-hydrogen) atoms. The van der Waals surface area contributed by atoms with Crippen molar-refractivity contribution in [1.82, 2.24) is 0 Å². The predicted octanol–water partition coefficient (Wildman–Crippen LogP) is 3.07. The summed E-state index contributed by atoms with van der Waals surface area (Å²) in [5, 5.41) is 0. The number of phosphoric acid groups is 2. The molecule has 0 aliphatic carbocycles. The van der Waals surface area contributed by atoms with Crippen LogP contribution in [0.25, 0.3) is 0 Å². The first kappa shape index (κ1) is 30.4. The standard InChI is InChI=1S/2C8H14O5P.2Y/c2*1-5-6(2)12-7-4-11-14(9,10-3)13-8(5)7;;/h2*6-8H,4H2,1-3H3;;/q2*-1;;/t6-,7+,8-,14+;6-,7+,8-,14-;;/m00../s1. The van der Waals surface area contributed by atoms with Crippen LogP contribution in [0.5, 0.6) is 0 Å². The zero-order valence-electron chi connectivity index (χ0n) is 18.0. The van der Waals surface area contributed by atoms with Gasteiger partial charge in [0.25, 0.3) is 0 Å². The SMILES string of the molecule is CO[P@@]1(=O)OC[C@H]2O[C@@H](C)[C-](C)[C@@H]2O1.CO[P@]1(=O)OC[C@H]2O[C@@H](C)[C-](C)[C@@H]2O1.[Y].[Y]. The van der Waals surface area contributed by atoms with E-state index in [1.807, 2.05) is 27.7 Å². The van der Waals surface area contributed by atoms with E-state index in [1.54, 1.807) is 0 Å². The van der Waals surface area contributed by atoms with E-state index in [2.05, 4.69) is 0 Å². The fourth-order valence-electron chi connectivity index (χ4n) is 3.35. The van der Waals surface area contributed by atoms with Gasteiger partial charge in [0.05, 0.1) is 25.4 Å². The molecule has 4 saturated heterocycles. The van der Waals surface area contributed by atoms with Gasteiger partial charge in [-0.1, -0.05) is 26.1 Å². The first-order valence-electron chi connectivity index (χ1n) is 9.06. The van der Waals surface area contributed by atoms with Crippen molar-refractivity contribution in [3.05, 3.63) is 11.8 Å². The van der Waals surface area contributed by atoms with Gasteiger partial charge in [-0.3, -0.25) is 29.9 Å². The van der Waals surface area contributed by atoms with Gasteiger partial charge in [0.1, 0.15) is 0 Å². The van der Waals surface area contributed by atoms with Crippen molar-refractivity contribution in [1.29, 1.82) is 0 Å². The third-order valence-corrected chi connectivity index (χ3v) is 8.14. The van der Waals surface area contributed by atoms with Gasteiger partial charge in [-0.05, 0) is 12.2 Å². The molecule has 4 aliphatic rings. The molecule has 0 N–H and O–H groups in total. The van der Waals surface area contributed by atoms with Crippen LogP contribution in [-0.2, 0) is 111 Å². The second-order valence-electron chi connectivity index (χ2n) is 7.02. The summed E-state index contributed by atoms with van der Waals surface area (Å²) in [5.41, 5.74) is 0. The third kappa shape index (κ3) is 6.72. The van der Waals surface area contributed by atoms with Crippen molar-refractivity contribution in [2.24, 2.45) is 0 Å². The van der Waals surface area contributed by atoms with Crippen LogP contribution in [0.15, 0.2) is 0 Å². The van der Waals surface area contributed by atoms with Crippen LogP contribution in [0.2, 0.25) is 0 Å². The van der Waals surface area contributed by atoms with Crippen LogP contribution in [0.1, 0.15) is 27.7 Å². The molecule has 0 aromatic rings. The molecule has 0 unspecified atom stereocenters. The van der Waals surface area contributed by atoms with Crippen LogP contribution >= 0.6 is 15.6 Å². The Bertz CT molecular complexity index is 602. The molecule has 10 nitrogen and oxygen atoms in total. The summed E-state index contributed by atoms with van der Waals surface area (Å²) in [6, 6.07) is 0. The smallest absolute Gasteiger partial charge is 0.404 e. The molecule has 4 fully saturated rings. The van der Waals surface area contributed by atoms with E-state index in [1.165, 1.54) is 14.2 Å². The molecular weight excluding hydrogens is 592 g/mol. The monoisotopic (exact) mass is 620 g/mol. The van der Waals surface area contributed by atoms with E-state index < -0.39 is 15.6 Å². The second kappa shape index (κ2) is 12.4. The van der Waals surface area contributed by atoms with E-state index in [4.69, 9.17) is 36.6 Å². The average molecular weight is 620 g/mol. The van der Waals surface area contributed by atoms with Gasteiger partial charge in [0, 0.05) is 79.6 Å². The Morgan fingerprint density at radius 1 is 0.767 bits per heavy atom. The van der Waals surface area contributed by atoms with E-state index in [-0.39, 0.29) is 115 Å². The molecule has 0 bridgehead atoms. The normalized spacial score (nSPS) is 45.9. The Kier molecular flexibility index (Phi) is 12.5. The van der Waals surface area contributed by atoms with Crippen LogP contribution in [0, 0.1) is 11.8 Å². The molecule has 170 valence electrons. The summed E-state index contributed by atoms with van der Waals surface area (Å²) in [6.45, 7) is 8.26. The van der Waals surface area contributed by atoms with E-state index in [0.29, 0.717) is 0 Å². The summed E-state index contributed by atoms with van der Waals surface area (Å²) in [4.78, 5) is 0. The topological polar surface area (TPSA) is 108 Å². The third-order valence-electron chi connectivity index (χ3n) is 5.34. The molecule has 8 atom stereocenters. The number of rotatable bonds is 2. The Hall–Kier alpha value is 2.35. The van der Waals surface area contributed by atoms with Gasteiger partial charge in [0.2, 0.25) is 0 Å². The molecule has 4 rings (SSSR count). The Morgan fingerprint density at radius 2 is 1.10 bits per heavy atom. The Balaban J connectivity index is 0.000000281. The number of phosphoric ester groups is 2. The van der Waals surface area contributed by atoms with E-state index in [0.717, 1.165) is 11.8 Å². The van der Waals surface area contributed by atoms with Crippen LogP contribution in [0.3, 0.4) is 0 Å². The van der Waals surface area contributed by atoms with Crippen molar-refractivity contribution in [2.45, 2.75) is 64.3 Å². The Labute approximate surface area is 228 Å². The molecule has 0 aromatic heterocycles. The first-order valence-corrected chi connectivity index (χ1v) is 12.0. The number of fused-ring (bicyclic) bond motifs is 2. The van der Waals surface area contributed by atoms with Gasteiger partial charge in [-0.2, -0.15) is 13.8 Å². The van der Waals surface area contributed by atoms with Crippen LogP contribution in [-0.4, -0.2) is 64.1 Å². The Morgan fingerprint density at radius 3 is 1.40 bits per heavy atom. The summed E-state index contributed by atoms with van der Waals surface area (Å²) in [7, 11) is -4.03. The maximum Gasteiger partial charge on any atom is 0.472 e. The number of ether oxygens (including phenoxy) is 2.